The minimum Gasteiger partial charge on any atom is -0.534 e. The first kappa shape index (κ1) is 10.4. The molecule has 1 saturated heterocycles. The van der Waals surface area contributed by atoms with Crippen molar-refractivity contribution in [2.24, 2.45) is 5.92 Å². The fraction of sp³-hybridized carbons (Fsp3) is 0.714. The van der Waals surface area contributed by atoms with Gasteiger partial charge in [0.2, 0.25) is 0 Å². The molecular weight excluding hydrogens is 142 g/mol. The van der Waals surface area contributed by atoms with Gasteiger partial charge in [0.1, 0.15) is 0 Å². The molecule has 0 N–H and O–H groups in total. The van der Waals surface area contributed by atoms with Crippen LogP contribution < -0.4 is 18.9 Å². The molecule has 0 aromatic carbocycles. The van der Waals surface area contributed by atoms with Crippen molar-refractivity contribution in [1.82, 2.24) is 0 Å². The Balaban J connectivity index is 0.000000810. The van der Waals surface area contributed by atoms with E-state index in [2.05, 4.69) is 12.5 Å². The molecule has 0 spiro atoms. The van der Waals surface area contributed by atoms with Crippen molar-refractivity contribution < 1.29 is 23.6 Å². The average molecular weight is 153 g/mol. The van der Waals surface area contributed by atoms with Crippen LogP contribution in [0.3, 0.4) is 0 Å². The third-order valence-electron chi connectivity index (χ3n) is 1.53. The predicted molar refractivity (Wildman–Crippen MR) is 37.0 cm³/mol. The van der Waals surface area contributed by atoms with Crippen molar-refractivity contribution in [3.63, 3.8) is 0 Å². The molecule has 52 valence electrons. The van der Waals surface area contributed by atoms with Crippen LogP contribution in [0.1, 0.15) is 19.8 Å². The maximum Gasteiger partial charge on any atom is 1.00 e. The molecule has 1 rings (SSSR count). The largest absolute Gasteiger partial charge is 1.00 e. The molecule has 1 heterocycles. The summed E-state index contributed by atoms with van der Waals surface area (Å²) in [6.45, 7) is 2.99. The number of halogens is 1. The normalized spacial score (nSPS) is 29.0. The molecule has 1 nitrogen and oxygen atoms in total. The summed E-state index contributed by atoms with van der Waals surface area (Å²) >= 11 is 5.33. The summed E-state index contributed by atoms with van der Waals surface area (Å²) in [6.07, 6.45) is 2.09. The van der Waals surface area contributed by atoms with Crippen molar-refractivity contribution in [3.05, 3.63) is 11.3 Å². The van der Waals surface area contributed by atoms with Gasteiger partial charge >= 0.3 is 18.9 Å². The van der Waals surface area contributed by atoms with E-state index in [-0.39, 0.29) is 18.9 Å². The van der Waals surface area contributed by atoms with Gasteiger partial charge in [-0.25, -0.2) is 0 Å². The van der Waals surface area contributed by atoms with Gasteiger partial charge in [0, 0.05) is 0 Å². The Morgan fingerprint density at radius 3 is 2.80 bits per heavy atom. The molecule has 0 aliphatic carbocycles. The average Bonchev–Trinajstić information content (AvgIpc) is 1.88. The molecule has 0 saturated carbocycles. The summed E-state index contributed by atoms with van der Waals surface area (Å²) in [5, 5.41) is 0. The fourth-order valence-corrected chi connectivity index (χ4v) is 1.06. The molecule has 0 amide bonds. The summed E-state index contributed by atoms with van der Waals surface area (Å²) in [5.74, 6) is 1.52. The minimum atomic E-state index is 0. The van der Waals surface area contributed by atoms with Crippen molar-refractivity contribution in [1.29, 1.82) is 0 Å². The molecule has 1 aliphatic heterocycles. The molecule has 0 aromatic heterocycles. The molecule has 1 aliphatic rings. The number of allylic oxidation sites excluding steroid dienone is 1. The second-order valence-electron chi connectivity index (χ2n) is 2.46. The second kappa shape index (κ2) is 5.13. The van der Waals surface area contributed by atoms with Crippen LogP contribution in [0.2, 0.25) is 0 Å². The van der Waals surface area contributed by atoms with Gasteiger partial charge < -0.3 is 21.9 Å². The molecule has 3 heteroatoms. The Labute approximate surface area is 78.9 Å². The van der Waals surface area contributed by atoms with E-state index in [4.69, 9.17) is 16.3 Å². The van der Waals surface area contributed by atoms with E-state index in [9.17, 15) is 0 Å². The smallest absolute Gasteiger partial charge is 0.534 e. The SMILES string of the molecule is C[C@H]1CCOC(=[C-]Cl)C1.[Li+]. The number of ether oxygens (including phenoxy) is 1. The van der Waals surface area contributed by atoms with Crippen LogP contribution in [0.5, 0.6) is 0 Å². The summed E-state index contributed by atoms with van der Waals surface area (Å²) in [4.78, 5) is 0. The van der Waals surface area contributed by atoms with E-state index in [1.54, 1.807) is 0 Å². The van der Waals surface area contributed by atoms with Gasteiger partial charge in [0.25, 0.3) is 0 Å². The topological polar surface area (TPSA) is 9.23 Å². The standard InChI is InChI=1S/C7H10ClO.Li/c1-6-2-3-9-7(4-6)5-8;/h6H,2-4H2,1H3;/q-1;+1/t6-;/m0./s1. The van der Waals surface area contributed by atoms with Crippen molar-refractivity contribution >= 4 is 11.6 Å². The summed E-state index contributed by atoms with van der Waals surface area (Å²) < 4.78 is 5.17. The second-order valence-corrected chi connectivity index (χ2v) is 2.65. The van der Waals surface area contributed by atoms with Crippen molar-refractivity contribution in [2.75, 3.05) is 6.61 Å². The molecule has 0 radical (unpaired) electrons. The van der Waals surface area contributed by atoms with E-state index in [0.717, 1.165) is 25.2 Å². The van der Waals surface area contributed by atoms with Gasteiger partial charge in [0.05, 0.1) is 6.61 Å². The Morgan fingerprint density at radius 1 is 1.70 bits per heavy atom. The number of hydrogen-bond acceptors (Lipinski definition) is 1. The maximum absolute atomic E-state index is 5.33. The van der Waals surface area contributed by atoms with Gasteiger partial charge in [-0.15, -0.1) is 0 Å². The van der Waals surface area contributed by atoms with Crippen molar-refractivity contribution in [2.45, 2.75) is 19.8 Å². The minimum absolute atomic E-state index is 0. The van der Waals surface area contributed by atoms with E-state index < -0.39 is 0 Å². The fourth-order valence-electron chi connectivity index (χ4n) is 0.927. The van der Waals surface area contributed by atoms with E-state index in [1.165, 1.54) is 0 Å². The maximum atomic E-state index is 5.33. The molecule has 0 unspecified atom stereocenters. The van der Waals surface area contributed by atoms with Gasteiger partial charge in [-0.3, -0.25) is 0 Å². The van der Waals surface area contributed by atoms with Crippen molar-refractivity contribution in [3.8, 4) is 0 Å². The van der Waals surface area contributed by atoms with E-state index in [0.29, 0.717) is 5.92 Å². The first-order valence-electron chi connectivity index (χ1n) is 3.18. The van der Waals surface area contributed by atoms with Gasteiger partial charge in [-0.2, -0.15) is 0 Å². The van der Waals surface area contributed by atoms with Gasteiger partial charge in [-0.1, -0.05) is 12.7 Å². The van der Waals surface area contributed by atoms with Crippen LogP contribution in [0, 0.1) is 11.5 Å². The zero-order valence-corrected chi connectivity index (χ0v) is 7.24. The zero-order chi connectivity index (χ0) is 6.69. The number of hydrogen-bond donors (Lipinski definition) is 0. The third-order valence-corrected chi connectivity index (χ3v) is 1.74. The first-order chi connectivity index (χ1) is 4.33. The Morgan fingerprint density at radius 2 is 2.40 bits per heavy atom. The molecule has 1 fully saturated rings. The zero-order valence-electron chi connectivity index (χ0n) is 6.48. The van der Waals surface area contributed by atoms with Crippen LogP contribution in [0.25, 0.3) is 0 Å². The van der Waals surface area contributed by atoms with Crippen LogP contribution >= 0.6 is 11.6 Å². The molecule has 1 atom stereocenters. The monoisotopic (exact) mass is 152 g/mol. The predicted octanol–water partition coefficient (Wildman–Crippen LogP) is -0.680. The molecule has 0 aromatic rings. The summed E-state index contributed by atoms with van der Waals surface area (Å²) in [6, 6.07) is 0. The summed E-state index contributed by atoms with van der Waals surface area (Å²) in [7, 11) is 0. The van der Waals surface area contributed by atoms with Gasteiger partial charge in [-0.05, 0) is 18.8 Å². The quantitative estimate of drug-likeness (QED) is 0.330. The van der Waals surface area contributed by atoms with E-state index >= 15 is 0 Å². The molecule has 0 bridgehead atoms. The summed E-state index contributed by atoms with van der Waals surface area (Å²) in [5.41, 5.74) is 2.50. The third kappa shape index (κ3) is 3.01. The van der Waals surface area contributed by atoms with E-state index in [1.807, 2.05) is 0 Å². The van der Waals surface area contributed by atoms with Crippen LogP contribution in [0.15, 0.2) is 5.76 Å². The van der Waals surface area contributed by atoms with Gasteiger partial charge in [0.15, 0.2) is 0 Å². The molecule has 10 heavy (non-hydrogen) atoms. The Hall–Kier alpha value is 0.427. The van der Waals surface area contributed by atoms with Crippen LogP contribution in [0.4, 0.5) is 0 Å². The Kier molecular flexibility index (Phi) is 5.35. The first-order valence-corrected chi connectivity index (χ1v) is 3.56. The number of rotatable bonds is 0. The molecular formula is C7H10ClLiO. The van der Waals surface area contributed by atoms with Crippen LogP contribution in [-0.2, 0) is 4.74 Å². The Bertz CT molecular complexity index is 125. The van der Waals surface area contributed by atoms with Crippen LogP contribution in [-0.4, -0.2) is 6.61 Å².